The molecule has 0 aliphatic carbocycles. The first-order valence-electron chi connectivity index (χ1n) is 6.88. The van der Waals surface area contributed by atoms with Crippen molar-refractivity contribution in [3.63, 3.8) is 0 Å². The topological polar surface area (TPSA) is 50.2 Å². The maximum atomic E-state index is 12.4. The molecule has 5 heteroatoms. The summed E-state index contributed by atoms with van der Waals surface area (Å²) in [6.45, 7) is 10.8. The Kier molecular flexibility index (Phi) is 5.54. The van der Waals surface area contributed by atoms with E-state index in [9.17, 15) is 4.79 Å². The van der Waals surface area contributed by atoms with E-state index in [4.69, 9.17) is 0 Å². The molecule has 0 spiro atoms. The van der Waals surface area contributed by atoms with Gasteiger partial charge in [-0.05, 0) is 33.7 Å². The molecule has 0 atom stereocenters. The highest BCUT2D eigenvalue weighted by Crippen LogP contribution is 2.11. The number of rotatable bonds is 6. The summed E-state index contributed by atoms with van der Waals surface area (Å²) in [5.74, 6) is 0.510. The zero-order valence-corrected chi connectivity index (χ0v) is 12.7. The molecule has 0 amide bonds. The molecule has 0 aromatic carbocycles. The maximum Gasteiger partial charge on any atom is 0.293 e. The van der Waals surface area contributed by atoms with Crippen LogP contribution in [0.5, 0.6) is 0 Å². The maximum absolute atomic E-state index is 12.4. The average Bonchev–Trinajstić information content (AvgIpc) is 2.33. The van der Waals surface area contributed by atoms with E-state index in [0.717, 1.165) is 26.1 Å². The fourth-order valence-electron chi connectivity index (χ4n) is 1.85. The van der Waals surface area contributed by atoms with Crippen LogP contribution < -0.4 is 15.8 Å². The Morgan fingerprint density at radius 1 is 1.37 bits per heavy atom. The van der Waals surface area contributed by atoms with Crippen LogP contribution in [-0.4, -0.2) is 36.2 Å². The summed E-state index contributed by atoms with van der Waals surface area (Å²) in [5, 5.41) is 3.32. The largest absolute Gasteiger partial charge is 0.354 e. The molecule has 5 nitrogen and oxygen atoms in total. The summed E-state index contributed by atoms with van der Waals surface area (Å²) < 4.78 is 1.73. The third kappa shape index (κ3) is 4.35. The molecule has 0 fully saturated rings. The Bertz CT molecular complexity index is 447. The van der Waals surface area contributed by atoms with Crippen molar-refractivity contribution in [2.24, 2.45) is 0 Å². The molecule has 108 valence electrons. The van der Waals surface area contributed by atoms with Gasteiger partial charge >= 0.3 is 0 Å². The molecule has 0 aliphatic rings. The second-order valence-corrected chi connectivity index (χ2v) is 5.77. The second-order valence-electron chi connectivity index (χ2n) is 5.77. The third-order valence-corrected chi connectivity index (χ3v) is 2.96. The first kappa shape index (κ1) is 15.7. The van der Waals surface area contributed by atoms with E-state index in [1.54, 1.807) is 17.0 Å². The summed E-state index contributed by atoms with van der Waals surface area (Å²) in [7, 11) is 1.91. The minimum atomic E-state index is -0.226. The zero-order valence-electron chi connectivity index (χ0n) is 12.7. The monoisotopic (exact) mass is 266 g/mol. The summed E-state index contributed by atoms with van der Waals surface area (Å²) in [5.41, 5.74) is -0.260. The van der Waals surface area contributed by atoms with E-state index in [2.05, 4.69) is 17.2 Å². The van der Waals surface area contributed by atoms with Crippen molar-refractivity contribution in [3.8, 4) is 0 Å². The SMILES string of the molecule is CCCNCCN(C)c1nccn(C(C)(C)C)c1=O. The Hall–Kier alpha value is -1.36. The molecule has 1 aromatic rings. The Morgan fingerprint density at radius 3 is 2.63 bits per heavy atom. The lowest BCUT2D eigenvalue weighted by Crippen LogP contribution is -2.39. The van der Waals surface area contributed by atoms with Crippen LogP contribution >= 0.6 is 0 Å². The van der Waals surface area contributed by atoms with Crippen LogP contribution in [0.15, 0.2) is 17.2 Å². The quantitative estimate of drug-likeness (QED) is 0.792. The molecule has 0 saturated heterocycles. The number of hydrogen-bond donors (Lipinski definition) is 1. The number of anilines is 1. The first-order valence-corrected chi connectivity index (χ1v) is 6.88. The Labute approximate surface area is 115 Å². The average molecular weight is 266 g/mol. The van der Waals surface area contributed by atoms with E-state index in [-0.39, 0.29) is 11.1 Å². The van der Waals surface area contributed by atoms with Gasteiger partial charge < -0.3 is 14.8 Å². The highest BCUT2D eigenvalue weighted by Gasteiger charge is 2.18. The molecule has 1 heterocycles. The van der Waals surface area contributed by atoms with Gasteiger partial charge in [0.15, 0.2) is 5.82 Å². The minimum absolute atomic E-state index is 0.0343. The van der Waals surface area contributed by atoms with Crippen molar-refractivity contribution < 1.29 is 0 Å². The Balaban J connectivity index is 2.81. The predicted octanol–water partition coefficient (Wildman–Crippen LogP) is 1.43. The summed E-state index contributed by atoms with van der Waals surface area (Å²) in [6, 6.07) is 0. The number of aromatic nitrogens is 2. The molecular formula is C14H26N4O. The molecule has 1 rings (SSSR count). The van der Waals surface area contributed by atoms with Crippen LogP contribution in [0.2, 0.25) is 0 Å². The van der Waals surface area contributed by atoms with Crippen LogP contribution in [-0.2, 0) is 5.54 Å². The first-order chi connectivity index (χ1) is 8.88. The highest BCUT2D eigenvalue weighted by atomic mass is 16.1. The van der Waals surface area contributed by atoms with Gasteiger partial charge in [-0.3, -0.25) is 4.79 Å². The van der Waals surface area contributed by atoms with Gasteiger partial charge in [-0.1, -0.05) is 6.92 Å². The van der Waals surface area contributed by atoms with Gasteiger partial charge in [0, 0.05) is 38.1 Å². The van der Waals surface area contributed by atoms with Gasteiger partial charge in [0.1, 0.15) is 0 Å². The van der Waals surface area contributed by atoms with Crippen molar-refractivity contribution in [1.82, 2.24) is 14.9 Å². The number of hydrogen-bond acceptors (Lipinski definition) is 4. The van der Waals surface area contributed by atoms with E-state index >= 15 is 0 Å². The molecular weight excluding hydrogens is 240 g/mol. The van der Waals surface area contributed by atoms with Crippen molar-refractivity contribution >= 4 is 5.82 Å². The van der Waals surface area contributed by atoms with Gasteiger partial charge in [0.2, 0.25) is 0 Å². The molecule has 19 heavy (non-hydrogen) atoms. The van der Waals surface area contributed by atoms with E-state index < -0.39 is 0 Å². The predicted molar refractivity (Wildman–Crippen MR) is 79.9 cm³/mol. The van der Waals surface area contributed by atoms with Crippen molar-refractivity contribution in [2.45, 2.75) is 39.7 Å². The Morgan fingerprint density at radius 2 is 2.05 bits per heavy atom. The molecule has 0 saturated carbocycles. The molecule has 1 N–H and O–H groups in total. The van der Waals surface area contributed by atoms with E-state index in [1.807, 2.05) is 32.7 Å². The van der Waals surface area contributed by atoms with Crippen LogP contribution in [0.25, 0.3) is 0 Å². The highest BCUT2D eigenvalue weighted by molar-refractivity contribution is 5.34. The normalized spacial score (nSPS) is 11.6. The van der Waals surface area contributed by atoms with E-state index in [0.29, 0.717) is 5.82 Å². The number of likely N-dealkylation sites (N-methyl/N-ethyl adjacent to an activating group) is 1. The van der Waals surface area contributed by atoms with Gasteiger partial charge in [0.25, 0.3) is 5.56 Å². The standard InChI is InChI=1S/C14H26N4O/c1-6-7-15-8-10-17(5)12-13(19)18(11-9-16-12)14(2,3)4/h9,11,15H,6-8,10H2,1-5H3. The molecule has 0 unspecified atom stereocenters. The molecule has 0 aliphatic heterocycles. The van der Waals surface area contributed by atoms with Crippen molar-refractivity contribution in [2.75, 3.05) is 31.6 Å². The molecule has 0 radical (unpaired) electrons. The van der Waals surface area contributed by atoms with Crippen LogP contribution in [0.4, 0.5) is 5.82 Å². The lowest BCUT2D eigenvalue weighted by atomic mass is 10.1. The minimum Gasteiger partial charge on any atom is -0.354 e. The summed E-state index contributed by atoms with van der Waals surface area (Å²) in [6.07, 6.45) is 4.55. The third-order valence-electron chi connectivity index (χ3n) is 2.96. The zero-order chi connectivity index (χ0) is 14.5. The number of nitrogens with zero attached hydrogens (tertiary/aromatic N) is 3. The summed E-state index contributed by atoms with van der Waals surface area (Å²) >= 11 is 0. The number of nitrogens with one attached hydrogen (secondary N) is 1. The molecule has 0 bridgehead atoms. The smallest absolute Gasteiger partial charge is 0.293 e. The molecule has 1 aromatic heterocycles. The lowest BCUT2D eigenvalue weighted by molar-refractivity contribution is 0.382. The second kappa shape index (κ2) is 6.70. The fraction of sp³-hybridized carbons (Fsp3) is 0.714. The van der Waals surface area contributed by atoms with Crippen molar-refractivity contribution in [1.29, 1.82) is 0 Å². The van der Waals surface area contributed by atoms with Gasteiger partial charge in [-0.25, -0.2) is 4.98 Å². The van der Waals surface area contributed by atoms with E-state index in [1.165, 1.54) is 0 Å². The van der Waals surface area contributed by atoms with Crippen LogP contribution in [0.3, 0.4) is 0 Å². The van der Waals surface area contributed by atoms with Gasteiger partial charge in [0.05, 0.1) is 0 Å². The van der Waals surface area contributed by atoms with Crippen LogP contribution in [0, 0.1) is 0 Å². The lowest BCUT2D eigenvalue weighted by Gasteiger charge is -2.24. The van der Waals surface area contributed by atoms with Crippen molar-refractivity contribution in [3.05, 3.63) is 22.7 Å². The fourth-order valence-corrected chi connectivity index (χ4v) is 1.85. The summed E-state index contributed by atoms with van der Waals surface area (Å²) in [4.78, 5) is 18.5. The van der Waals surface area contributed by atoms with Gasteiger partial charge in [-0.15, -0.1) is 0 Å². The van der Waals surface area contributed by atoms with Crippen LogP contribution in [0.1, 0.15) is 34.1 Å². The van der Waals surface area contributed by atoms with Gasteiger partial charge in [-0.2, -0.15) is 0 Å².